The molecule has 3 rings (SSSR count). The topological polar surface area (TPSA) is 78.8 Å². The highest BCUT2D eigenvalue weighted by Gasteiger charge is 2.35. The molecule has 3 heterocycles. The van der Waals surface area contributed by atoms with Crippen molar-refractivity contribution in [1.29, 1.82) is 0 Å². The number of hydrogen-bond acceptors (Lipinski definition) is 6. The third-order valence-electron chi connectivity index (χ3n) is 4.36. The van der Waals surface area contributed by atoms with Gasteiger partial charge in [-0.1, -0.05) is 0 Å². The maximum Gasteiger partial charge on any atom is 0.225 e. The first kappa shape index (κ1) is 15.2. The molecule has 0 aromatic carbocycles. The van der Waals surface area contributed by atoms with Gasteiger partial charge >= 0.3 is 0 Å². The maximum absolute atomic E-state index is 11.9. The smallest absolute Gasteiger partial charge is 0.225 e. The highest BCUT2D eigenvalue weighted by Crippen LogP contribution is 2.25. The fraction of sp³-hybridized carbons (Fsp3) is 0.667. The number of amides is 1. The SMILES string of the molecule is O=C(CCO)N1CC[C@H]2CN(c3ncccn3)CCO[C@H]2C1. The summed E-state index contributed by atoms with van der Waals surface area (Å²) in [5.41, 5.74) is 0. The van der Waals surface area contributed by atoms with Crippen molar-refractivity contribution in [2.45, 2.75) is 18.9 Å². The minimum atomic E-state index is -0.0938. The molecule has 0 unspecified atom stereocenters. The molecule has 1 amide bonds. The predicted octanol–water partition coefficient (Wildman–Crippen LogP) is -0.0873. The van der Waals surface area contributed by atoms with Gasteiger partial charge in [0, 0.05) is 50.9 Å². The van der Waals surface area contributed by atoms with Gasteiger partial charge in [0.25, 0.3) is 0 Å². The van der Waals surface area contributed by atoms with E-state index < -0.39 is 0 Å². The van der Waals surface area contributed by atoms with Gasteiger partial charge in [-0.25, -0.2) is 9.97 Å². The maximum atomic E-state index is 11.9. The second kappa shape index (κ2) is 7.02. The number of anilines is 1. The molecule has 0 radical (unpaired) electrons. The number of carbonyl (C=O) groups is 1. The van der Waals surface area contributed by atoms with Crippen molar-refractivity contribution in [2.24, 2.45) is 5.92 Å². The van der Waals surface area contributed by atoms with Crippen molar-refractivity contribution >= 4 is 11.9 Å². The van der Waals surface area contributed by atoms with Crippen LogP contribution in [-0.4, -0.2) is 71.4 Å². The average Bonchev–Trinajstić information content (AvgIpc) is 2.77. The van der Waals surface area contributed by atoms with Gasteiger partial charge in [-0.3, -0.25) is 4.79 Å². The number of likely N-dealkylation sites (tertiary alicyclic amines) is 1. The fourth-order valence-electron chi connectivity index (χ4n) is 3.17. The molecule has 2 atom stereocenters. The van der Waals surface area contributed by atoms with Crippen LogP contribution >= 0.6 is 0 Å². The van der Waals surface area contributed by atoms with Gasteiger partial charge in [0.2, 0.25) is 11.9 Å². The summed E-state index contributed by atoms with van der Waals surface area (Å²) < 4.78 is 5.96. The van der Waals surface area contributed by atoms with E-state index in [2.05, 4.69) is 14.9 Å². The number of aliphatic hydroxyl groups excluding tert-OH is 1. The van der Waals surface area contributed by atoms with Gasteiger partial charge in [0.05, 0.1) is 19.3 Å². The largest absolute Gasteiger partial charge is 0.396 e. The summed E-state index contributed by atoms with van der Waals surface area (Å²) in [6, 6.07) is 1.81. The van der Waals surface area contributed by atoms with Crippen molar-refractivity contribution in [1.82, 2.24) is 14.9 Å². The van der Waals surface area contributed by atoms with Gasteiger partial charge < -0.3 is 19.6 Å². The Balaban J connectivity index is 1.64. The second-order valence-corrected chi connectivity index (χ2v) is 5.77. The molecule has 1 N–H and O–H groups in total. The Bertz CT molecular complexity index is 499. The Labute approximate surface area is 129 Å². The van der Waals surface area contributed by atoms with Crippen LogP contribution in [0, 0.1) is 5.92 Å². The number of nitrogens with zero attached hydrogens (tertiary/aromatic N) is 4. The summed E-state index contributed by atoms with van der Waals surface area (Å²) in [7, 11) is 0. The van der Waals surface area contributed by atoms with Crippen molar-refractivity contribution in [2.75, 3.05) is 44.3 Å². The predicted molar refractivity (Wildman–Crippen MR) is 80.4 cm³/mol. The number of hydrogen-bond donors (Lipinski definition) is 1. The molecule has 2 fully saturated rings. The van der Waals surface area contributed by atoms with Crippen LogP contribution in [0.4, 0.5) is 5.95 Å². The zero-order valence-electron chi connectivity index (χ0n) is 12.6. The Morgan fingerprint density at radius 3 is 2.91 bits per heavy atom. The normalized spacial score (nSPS) is 25.5. The number of carbonyl (C=O) groups excluding carboxylic acids is 1. The monoisotopic (exact) mass is 306 g/mol. The standard InChI is InChI=1S/C15H22N4O3/c20-8-3-14(21)18-6-2-12-10-19(7-9-22-13(12)11-18)15-16-4-1-5-17-15/h1,4-5,12-13,20H,2-3,6-11H2/t12-,13-/m0/s1. The van der Waals surface area contributed by atoms with Gasteiger partial charge in [-0.15, -0.1) is 0 Å². The molecule has 7 heteroatoms. The van der Waals surface area contributed by atoms with Crippen LogP contribution in [0.25, 0.3) is 0 Å². The van der Waals surface area contributed by atoms with E-state index in [-0.39, 0.29) is 25.0 Å². The van der Waals surface area contributed by atoms with Crippen LogP contribution in [0.5, 0.6) is 0 Å². The van der Waals surface area contributed by atoms with E-state index in [0.717, 1.165) is 32.0 Å². The Morgan fingerprint density at radius 1 is 1.32 bits per heavy atom. The van der Waals surface area contributed by atoms with E-state index in [1.165, 1.54) is 0 Å². The number of aromatic nitrogens is 2. The minimum Gasteiger partial charge on any atom is -0.396 e. The van der Waals surface area contributed by atoms with Crippen molar-refractivity contribution < 1.29 is 14.6 Å². The zero-order valence-corrected chi connectivity index (χ0v) is 12.6. The number of rotatable bonds is 3. The van der Waals surface area contributed by atoms with Crippen LogP contribution in [0.2, 0.25) is 0 Å². The van der Waals surface area contributed by atoms with E-state index >= 15 is 0 Å². The summed E-state index contributed by atoms with van der Waals surface area (Å²) in [5, 5.41) is 8.91. The van der Waals surface area contributed by atoms with Crippen LogP contribution in [0.15, 0.2) is 18.5 Å². The molecule has 2 saturated heterocycles. The molecule has 1 aromatic heterocycles. The zero-order chi connectivity index (χ0) is 15.4. The fourth-order valence-corrected chi connectivity index (χ4v) is 3.17. The summed E-state index contributed by atoms with van der Waals surface area (Å²) >= 11 is 0. The van der Waals surface area contributed by atoms with Crippen LogP contribution < -0.4 is 4.90 Å². The molecule has 0 aliphatic carbocycles. The van der Waals surface area contributed by atoms with Crippen LogP contribution in [0.1, 0.15) is 12.8 Å². The van der Waals surface area contributed by atoms with Crippen molar-refractivity contribution in [3.63, 3.8) is 0 Å². The van der Waals surface area contributed by atoms with Crippen molar-refractivity contribution in [3.05, 3.63) is 18.5 Å². The molecule has 2 aliphatic rings. The van der Waals surface area contributed by atoms with E-state index in [9.17, 15) is 4.79 Å². The molecule has 7 nitrogen and oxygen atoms in total. The second-order valence-electron chi connectivity index (χ2n) is 5.77. The first-order chi connectivity index (χ1) is 10.8. The number of fused-ring (bicyclic) bond motifs is 1. The van der Waals surface area contributed by atoms with Gasteiger partial charge in [0.1, 0.15) is 0 Å². The third kappa shape index (κ3) is 3.36. The lowest BCUT2D eigenvalue weighted by atomic mass is 9.93. The molecule has 0 saturated carbocycles. The Hall–Kier alpha value is -1.73. The first-order valence-electron chi connectivity index (χ1n) is 7.80. The van der Waals surface area contributed by atoms with Gasteiger partial charge in [-0.2, -0.15) is 0 Å². The summed E-state index contributed by atoms with van der Waals surface area (Å²) in [5.74, 6) is 1.13. The van der Waals surface area contributed by atoms with Crippen LogP contribution in [0.3, 0.4) is 0 Å². The number of piperidine rings is 1. The molecule has 2 aliphatic heterocycles. The summed E-state index contributed by atoms with van der Waals surface area (Å²) in [4.78, 5) is 24.5. The number of ether oxygens (including phenoxy) is 1. The highest BCUT2D eigenvalue weighted by molar-refractivity contribution is 5.76. The lowest BCUT2D eigenvalue weighted by molar-refractivity contribution is -0.137. The quantitative estimate of drug-likeness (QED) is 0.841. The number of aliphatic hydroxyl groups is 1. The molecular formula is C15H22N4O3. The van der Waals surface area contributed by atoms with E-state index in [4.69, 9.17) is 9.84 Å². The van der Waals surface area contributed by atoms with E-state index in [1.54, 1.807) is 12.4 Å². The molecule has 0 spiro atoms. The lowest BCUT2D eigenvalue weighted by Crippen LogP contribution is -2.49. The summed E-state index contributed by atoms with van der Waals surface area (Å²) in [6.45, 7) is 3.49. The molecule has 0 bridgehead atoms. The first-order valence-corrected chi connectivity index (χ1v) is 7.80. The Kier molecular flexibility index (Phi) is 4.84. The highest BCUT2D eigenvalue weighted by atomic mass is 16.5. The minimum absolute atomic E-state index is 0.0112. The van der Waals surface area contributed by atoms with Crippen molar-refractivity contribution in [3.8, 4) is 0 Å². The molecular weight excluding hydrogens is 284 g/mol. The molecule has 22 heavy (non-hydrogen) atoms. The van der Waals surface area contributed by atoms with Gasteiger partial charge in [-0.05, 0) is 12.5 Å². The average molecular weight is 306 g/mol. The third-order valence-corrected chi connectivity index (χ3v) is 4.36. The molecule has 1 aromatic rings. The molecule has 120 valence electrons. The summed E-state index contributed by atoms with van der Waals surface area (Å²) in [6.07, 6.45) is 4.67. The van der Waals surface area contributed by atoms with Crippen LogP contribution in [-0.2, 0) is 9.53 Å². The van der Waals surface area contributed by atoms with Gasteiger partial charge in [0.15, 0.2) is 0 Å². The van der Waals surface area contributed by atoms with E-state index in [0.29, 0.717) is 19.1 Å². The lowest BCUT2D eigenvalue weighted by Gasteiger charge is -2.38. The Morgan fingerprint density at radius 2 is 2.14 bits per heavy atom. The van der Waals surface area contributed by atoms with E-state index in [1.807, 2.05) is 11.0 Å².